The van der Waals surface area contributed by atoms with Gasteiger partial charge in [-0.05, 0) is 5.57 Å². The summed E-state index contributed by atoms with van der Waals surface area (Å²) in [5.74, 6) is -0.424. The van der Waals surface area contributed by atoms with Gasteiger partial charge in [0.1, 0.15) is 6.61 Å². The van der Waals surface area contributed by atoms with E-state index in [4.69, 9.17) is 10.5 Å². The van der Waals surface area contributed by atoms with Gasteiger partial charge in [0.2, 0.25) is 0 Å². The van der Waals surface area contributed by atoms with Crippen LogP contribution in [0.3, 0.4) is 0 Å². The van der Waals surface area contributed by atoms with E-state index >= 15 is 0 Å². The van der Waals surface area contributed by atoms with Crippen LogP contribution in [-0.2, 0) is 9.53 Å². The Kier molecular flexibility index (Phi) is 13.6. The van der Waals surface area contributed by atoms with Crippen LogP contribution >= 0.6 is 0 Å². The van der Waals surface area contributed by atoms with Gasteiger partial charge in [-0.3, -0.25) is 4.79 Å². The van der Waals surface area contributed by atoms with Crippen LogP contribution in [0.5, 0.6) is 0 Å². The van der Waals surface area contributed by atoms with Crippen molar-refractivity contribution in [3.05, 3.63) is 37.0 Å². The average molecular weight is 211 g/mol. The highest BCUT2D eigenvalue weighted by molar-refractivity contribution is 5.71. The molecule has 0 aliphatic heterocycles. The fourth-order valence-corrected chi connectivity index (χ4v) is 0.549. The van der Waals surface area contributed by atoms with Crippen molar-refractivity contribution in [2.24, 2.45) is 5.73 Å². The van der Waals surface area contributed by atoms with Crippen LogP contribution in [0.1, 0.15) is 20.3 Å². The maximum absolute atomic E-state index is 10.6. The van der Waals surface area contributed by atoms with Crippen molar-refractivity contribution >= 4 is 5.97 Å². The molecule has 15 heavy (non-hydrogen) atoms. The van der Waals surface area contributed by atoms with E-state index in [-0.39, 0.29) is 13.2 Å². The Hall–Kier alpha value is -1.35. The van der Waals surface area contributed by atoms with Gasteiger partial charge in [0.25, 0.3) is 0 Å². The lowest BCUT2D eigenvalue weighted by Crippen LogP contribution is -2.17. The molecule has 0 bridgehead atoms. The van der Waals surface area contributed by atoms with Crippen molar-refractivity contribution in [3.8, 4) is 0 Å². The molecular weight excluding hydrogens is 190 g/mol. The number of nitrogens with two attached hydrogens (primary N) is 1. The van der Waals surface area contributed by atoms with E-state index in [0.717, 1.165) is 5.57 Å². The summed E-state index contributed by atoms with van der Waals surface area (Å²) in [7, 11) is 0. The molecule has 0 aromatic carbocycles. The third kappa shape index (κ3) is 12.6. The minimum atomic E-state index is -0.424. The van der Waals surface area contributed by atoms with Crippen LogP contribution < -0.4 is 5.73 Å². The van der Waals surface area contributed by atoms with Gasteiger partial charge < -0.3 is 10.5 Å². The number of allylic oxidation sites excluding steroid dienone is 2. The summed E-state index contributed by atoms with van der Waals surface area (Å²) in [6.45, 7) is 11.4. The summed E-state index contributed by atoms with van der Waals surface area (Å²) in [5, 5.41) is 0. The van der Waals surface area contributed by atoms with Crippen molar-refractivity contribution in [3.63, 3.8) is 0 Å². The quantitative estimate of drug-likeness (QED) is 0.560. The fourth-order valence-electron chi connectivity index (χ4n) is 0.549. The lowest BCUT2D eigenvalue weighted by atomic mass is 10.2. The van der Waals surface area contributed by atoms with Gasteiger partial charge in [-0.1, -0.05) is 51.7 Å². The summed E-state index contributed by atoms with van der Waals surface area (Å²) in [6.07, 6.45) is 6.18. The van der Waals surface area contributed by atoms with Gasteiger partial charge in [0.15, 0.2) is 0 Å². The Morgan fingerprint density at radius 1 is 1.40 bits per heavy atom. The van der Waals surface area contributed by atoms with Gasteiger partial charge in [-0.25, -0.2) is 0 Å². The maximum atomic E-state index is 10.6. The molecule has 0 aliphatic carbocycles. The third-order valence-corrected chi connectivity index (χ3v) is 1.16. The molecule has 3 heteroatoms. The van der Waals surface area contributed by atoms with Gasteiger partial charge in [-0.15, -0.1) is 0 Å². The maximum Gasteiger partial charge on any atom is 0.320 e. The minimum absolute atomic E-state index is 0.0987. The third-order valence-electron chi connectivity index (χ3n) is 1.16. The molecule has 0 aliphatic rings. The molecule has 86 valence electrons. The number of hydrogen-bond acceptors (Lipinski definition) is 3. The first-order chi connectivity index (χ1) is 7.15. The van der Waals surface area contributed by atoms with Gasteiger partial charge in [0, 0.05) is 0 Å². The zero-order valence-corrected chi connectivity index (χ0v) is 9.66. The van der Waals surface area contributed by atoms with Crippen molar-refractivity contribution in [2.75, 3.05) is 13.2 Å². The van der Waals surface area contributed by atoms with Gasteiger partial charge in [-0.2, -0.15) is 0 Å². The first-order valence-electron chi connectivity index (χ1n) is 4.95. The summed E-state index contributed by atoms with van der Waals surface area (Å²) < 4.78 is 4.75. The number of rotatable bonds is 5. The van der Waals surface area contributed by atoms with Crippen LogP contribution in [0.4, 0.5) is 0 Å². The van der Waals surface area contributed by atoms with E-state index in [2.05, 4.69) is 27.0 Å². The number of hydrogen-bond donors (Lipinski definition) is 1. The van der Waals surface area contributed by atoms with Crippen molar-refractivity contribution < 1.29 is 9.53 Å². The summed E-state index contributed by atoms with van der Waals surface area (Å²) in [4.78, 5) is 10.6. The second kappa shape index (κ2) is 12.7. The second-order valence-corrected chi connectivity index (χ2v) is 2.75. The van der Waals surface area contributed by atoms with E-state index in [1.54, 1.807) is 18.2 Å². The highest BCUT2D eigenvalue weighted by atomic mass is 16.5. The van der Waals surface area contributed by atoms with Gasteiger partial charge in [0.05, 0.1) is 6.54 Å². The molecule has 0 spiro atoms. The summed E-state index contributed by atoms with van der Waals surface area (Å²) >= 11 is 0. The van der Waals surface area contributed by atoms with Gasteiger partial charge >= 0.3 is 5.97 Å². The first kappa shape index (κ1) is 16.1. The first-order valence-corrected chi connectivity index (χ1v) is 4.95. The molecule has 0 radical (unpaired) electrons. The molecule has 0 saturated carbocycles. The zero-order chi connectivity index (χ0) is 12.1. The van der Waals surface area contributed by atoms with Crippen molar-refractivity contribution in [1.82, 2.24) is 0 Å². The number of ether oxygens (including phenoxy) is 1. The highest BCUT2D eigenvalue weighted by Gasteiger charge is 1.98. The SMILES string of the molecule is C=C/C=C(\C=C)COC(=O)CN.CCC. The van der Waals surface area contributed by atoms with Crippen LogP contribution in [0, 0.1) is 0 Å². The Morgan fingerprint density at radius 2 is 1.93 bits per heavy atom. The normalized spacial score (nSPS) is 9.67. The molecular formula is C12H21NO2. The van der Waals surface area contributed by atoms with Crippen LogP contribution in [0.2, 0.25) is 0 Å². The monoisotopic (exact) mass is 211 g/mol. The average Bonchev–Trinajstić information content (AvgIpc) is 2.24. The van der Waals surface area contributed by atoms with E-state index in [1.807, 2.05) is 0 Å². The Labute approximate surface area is 92.3 Å². The summed E-state index contributed by atoms with van der Waals surface area (Å²) in [6, 6.07) is 0. The van der Waals surface area contributed by atoms with E-state index < -0.39 is 5.97 Å². The molecule has 0 fully saturated rings. The minimum Gasteiger partial charge on any atom is -0.460 e. The smallest absolute Gasteiger partial charge is 0.320 e. The predicted octanol–water partition coefficient (Wildman–Crippen LogP) is 2.20. The largest absolute Gasteiger partial charge is 0.460 e. The molecule has 0 amide bonds. The van der Waals surface area contributed by atoms with Crippen molar-refractivity contribution in [2.45, 2.75) is 20.3 Å². The van der Waals surface area contributed by atoms with E-state index in [0.29, 0.717) is 0 Å². The lowest BCUT2D eigenvalue weighted by Gasteiger charge is -2.02. The molecule has 0 heterocycles. The molecule has 0 rings (SSSR count). The second-order valence-electron chi connectivity index (χ2n) is 2.75. The molecule has 0 atom stereocenters. The Bertz CT molecular complexity index is 220. The molecule has 3 nitrogen and oxygen atoms in total. The fraction of sp³-hybridized carbons (Fsp3) is 0.417. The predicted molar refractivity (Wildman–Crippen MR) is 64.5 cm³/mol. The molecule has 0 unspecified atom stereocenters. The number of esters is 1. The van der Waals surface area contributed by atoms with Crippen molar-refractivity contribution in [1.29, 1.82) is 0 Å². The van der Waals surface area contributed by atoms with E-state index in [9.17, 15) is 4.79 Å². The Morgan fingerprint density at radius 3 is 2.27 bits per heavy atom. The Balaban J connectivity index is 0. The van der Waals surface area contributed by atoms with E-state index in [1.165, 1.54) is 6.42 Å². The standard InChI is InChI=1S/C9H13NO2.C3H8/c1-3-5-8(4-2)7-12-9(11)6-10;1-3-2/h3-5H,1-2,6-7,10H2;3H2,1-2H3/b8-5+;. The summed E-state index contributed by atoms with van der Waals surface area (Å²) in [5.41, 5.74) is 5.83. The van der Waals surface area contributed by atoms with Crippen LogP contribution in [0.25, 0.3) is 0 Å². The van der Waals surface area contributed by atoms with Crippen LogP contribution in [0.15, 0.2) is 37.0 Å². The highest BCUT2D eigenvalue weighted by Crippen LogP contribution is 1.96. The molecule has 2 N–H and O–H groups in total. The zero-order valence-electron chi connectivity index (χ0n) is 9.66. The molecule has 0 saturated heterocycles. The topological polar surface area (TPSA) is 52.3 Å². The number of carbonyl (C=O) groups is 1. The molecule has 0 aromatic heterocycles. The molecule has 0 aromatic rings. The van der Waals surface area contributed by atoms with Crippen LogP contribution in [-0.4, -0.2) is 19.1 Å². The number of carbonyl (C=O) groups excluding carboxylic acids is 1. The lowest BCUT2D eigenvalue weighted by molar-refractivity contribution is -0.140.